The Balaban J connectivity index is 1.75. The van der Waals surface area contributed by atoms with Crippen LogP contribution in [-0.4, -0.2) is 17.8 Å². The number of amides is 4. The van der Waals surface area contributed by atoms with E-state index in [9.17, 15) is 18.8 Å². The number of hydrogen-bond donors (Lipinski definition) is 1. The Bertz CT molecular complexity index is 1410. The van der Waals surface area contributed by atoms with Crippen molar-refractivity contribution in [2.24, 2.45) is 0 Å². The summed E-state index contributed by atoms with van der Waals surface area (Å²) in [4.78, 5) is 39.4. The molecule has 1 aliphatic heterocycles. The lowest BCUT2D eigenvalue weighted by atomic mass is 10.0. The minimum Gasteiger partial charge on any atom is -0.487 e. The molecule has 0 aliphatic carbocycles. The first-order valence-electron chi connectivity index (χ1n) is 10.2. The molecule has 1 aliphatic rings. The fourth-order valence-electron chi connectivity index (χ4n) is 3.48. The van der Waals surface area contributed by atoms with Gasteiger partial charge in [0.15, 0.2) is 0 Å². The summed E-state index contributed by atoms with van der Waals surface area (Å²) in [6, 6.07) is 13.5. The van der Waals surface area contributed by atoms with Gasteiger partial charge in [0, 0.05) is 20.6 Å². The van der Waals surface area contributed by atoms with Crippen LogP contribution in [0.25, 0.3) is 6.08 Å². The molecule has 4 rings (SSSR count). The van der Waals surface area contributed by atoms with Gasteiger partial charge >= 0.3 is 6.03 Å². The van der Waals surface area contributed by atoms with Crippen LogP contribution in [0.1, 0.15) is 16.7 Å². The van der Waals surface area contributed by atoms with E-state index in [1.54, 1.807) is 55.5 Å². The van der Waals surface area contributed by atoms with Crippen molar-refractivity contribution in [3.8, 4) is 5.75 Å². The molecule has 3 aromatic carbocycles. The second kappa shape index (κ2) is 10.3. The molecule has 0 atom stereocenters. The molecule has 3 aromatic rings. The molecule has 0 saturated carbocycles. The van der Waals surface area contributed by atoms with E-state index in [4.69, 9.17) is 16.3 Å². The lowest BCUT2D eigenvalue weighted by molar-refractivity contribution is -0.122. The van der Waals surface area contributed by atoms with Crippen LogP contribution in [0, 0.1) is 12.7 Å². The molecule has 1 fully saturated rings. The predicted octanol–water partition coefficient (Wildman–Crippen LogP) is 6.56. The van der Waals surface area contributed by atoms with Crippen molar-refractivity contribution in [3.05, 3.63) is 96.6 Å². The van der Waals surface area contributed by atoms with Gasteiger partial charge in [0.25, 0.3) is 11.8 Å². The minimum absolute atomic E-state index is 0.0878. The number of nitrogens with zero attached hydrogens (tertiary/aromatic N) is 1. The number of anilines is 1. The smallest absolute Gasteiger partial charge is 0.335 e. The normalized spacial score (nSPS) is 14.9. The fraction of sp³-hybridized carbons (Fsp3) is 0.0800. The Morgan fingerprint density at radius 2 is 1.83 bits per heavy atom. The van der Waals surface area contributed by atoms with Gasteiger partial charge in [-0.2, -0.15) is 0 Å². The van der Waals surface area contributed by atoms with Crippen LogP contribution in [-0.2, 0) is 16.2 Å². The van der Waals surface area contributed by atoms with E-state index < -0.39 is 23.7 Å². The molecule has 0 spiro atoms. The number of ether oxygens (including phenoxy) is 1. The zero-order valence-corrected chi connectivity index (χ0v) is 22.0. The first-order valence-corrected chi connectivity index (χ1v) is 12.2. The summed E-state index contributed by atoms with van der Waals surface area (Å²) < 4.78 is 21.1. The Kier molecular flexibility index (Phi) is 7.39. The van der Waals surface area contributed by atoms with Gasteiger partial charge in [-0.3, -0.25) is 14.9 Å². The van der Waals surface area contributed by atoms with Crippen molar-refractivity contribution in [3.63, 3.8) is 0 Å². The molecule has 10 heteroatoms. The standard InChI is InChI=1S/C25H16Br2ClFN2O4/c1-13-19(28)6-4-8-21(13)31-24(33)17(23(32)30-25(31)34)10-15-9-16(26)11-18(27)22(15)35-12-14-5-2-3-7-20(14)29/h2-11H,12H2,1H3,(H,30,32,34)/b17-10+. The van der Waals surface area contributed by atoms with E-state index in [1.165, 1.54) is 12.1 Å². The average Bonchev–Trinajstić information content (AvgIpc) is 2.79. The van der Waals surface area contributed by atoms with Crippen molar-refractivity contribution in [2.75, 3.05) is 4.90 Å². The highest BCUT2D eigenvalue weighted by Gasteiger charge is 2.38. The van der Waals surface area contributed by atoms with E-state index in [0.717, 1.165) is 4.90 Å². The summed E-state index contributed by atoms with van der Waals surface area (Å²) in [5, 5.41) is 2.56. The monoisotopic (exact) mass is 620 g/mol. The third kappa shape index (κ3) is 5.17. The molecule has 1 saturated heterocycles. The van der Waals surface area contributed by atoms with Crippen molar-refractivity contribution >= 4 is 73.1 Å². The van der Waals surface area contributed by atoms with Gasteiger partial charge in [0.2, 0.25) is 0 Å². The maximum atomic E-state index is 14.1. The summed E-state index contributed by atoms with van der Waals surface area (Å²) in [5.41, 5.74) is 1.17. The summed E-state index contributed by atoms with van der Waals surface area (Å²) >= 11 is 13.0. The second-order valence-corrected chi connectivity index (χ2v) is 9.71. The van der Waals surface area contributed by atoms with Gasteiger partial charge < -0.3 is 4.74 Å². The van der Waals surface area contributed by atoms with Crippen LogP contribution in [0.4, 0.5) is 14.9 Å². The van der Waals surface area contributed by atoms with Crippen LogP contribution < -0.4 is 15.0 Å². The van der Waals surface area contributed by atoms with Crippen LogP contribution in [0.2, 0.25) is 5.02 Å². The number of nitrogens with one attached hydrogen (secondary N) is 1. The number of benzene rings is 3. The SMILES string of the molecule is Cc1c(Cl)cccc1N1C(=O)NC(=O)/C(=C\c2cc(Br)cc(Br)c2OCc2ccccc2F)C1=O. The van der Waals surface area contributed by atoms with E-state index in [2.05, 4.69) is 37.2 Å². The molecule has 1 heterocycles. The molecule has 6 nitrogen and oxygen atoms in total. The van der Waals surface area contributed by atoms with Crippen LogP contribution >= 0.6 is 43.5 Å². The van der Waals surface area contributed by atoms with Gasteiger partial charge in [0.1, 0.15) is 23.7 Å². The van der Waals surface area contributed by atoms with Crippen molar-refractivity contribution in [1.29, 1.82) is 0 Å². The van der Waals surface area contributed by atoms with Crippen LogP contribution in [0.5, 0.6) is 5.75 Å². The van der Waals surface area contributed by atoms with Crippen LogP contribution in [0.3, 0.4) is 0 Å². The Labute approximate surface area is 222 Å². The number of imide groups is 2. The molecule has 0 bridgehead atoms. The van der Waals surface area contributed by atoms with E-state index >= 15 is 0 Å². The van der Waals surface area contributed by atoms with Gasteiger partial charge in [-0.15, -0.1) is 0 Å². The van der Waals surface area contributed by atoms with E-state index in [1.807, 2.05) is 0 Å². The predicted molar refractivity (Wildman–Crippen MR) is 138 cm³/mol. The highest BCUT2D eigenvalue weighted by atomic mass is 79.9. The number of urea groups is 1. The summed E-state index contributed by atoms with van der Waals surface area (Å²) in [5.74, 6) is -1.81. The largest absolute Gasteiger partial charge is 0.487 e. The number of barbiturate groups is 1. The molecular weight excluding hydrogens is 607 g/mol. The van der Waals surface area contributed by atoms with Gasteiger partial charge in [-0.25, -0.2) is 14.1 Å². The topological polar surface area (TPSA) is 75.7 Å². The average molecular weight is 623 g/mol. The molecule has 1 N–H and O–H groups in total. The molecule has 35 heavy (non-hydrogen) atoms. The molecule has 0 aromatic heterocycles. The molecule has 0 unspecified atom stereocenters. The van der Waals surface area contributed by atoms with E-state index in [-0.39, 0.29) is 23.6 Å². The number of hydrogen-bond acceptors (Lipinski definition) is 4. The molecule has 178 valence electrons. The lowest BCUT2D eigenvalue weighted by Gasteiger charge is -2.28. The molecular formula is C25H16Br2ClFN2O4. The number of rotatable bonds is 5. The van der Waals surface area contributed by atoms with Crippen molar-refractivity contribution < 1.29 is 23.5 Å². The zero-order chi connectivity index (χ0) is 25.3. The van der Waals surface area contributed by atoms with E-state index in [0.29, 0.717) is 30.7 Å². The van der Waals surface area contributed by atoms with Crippen molar-refractivity contribution in [1.82, 2.24) is 5.32 Å². The summed E-state index contributed by atoms with van der Waals surface area (Å²) in [6.07, 6.45) is 1.32. The molecule has 0 radical (unpaired) electrons. The van der Waals surface area contributed by atoms with Gasteiger partial charge in [-0.05, 0) is 64.8 Å². The maximum absolute atomic E-state index is 14.1. The van der Waals surface area contributed by atoms with Gasteiger partial charge in [-0.1, -0.05) is 51.8 Å². The summed E-state index contributed by atoms with van der Waals surface area (Å²) in [7, 11) is 0. The maximum Gasteiger partial charge on any atom is 0.335 e. The summed E-state index contributed by atoms with van der Waals surface area (Å²) in [6.45, 7) is 1.58. The number of carbonyl (C=O) groups excluding carboxylic acids is 3. The third-order valence-corrected chi connectivity index (χ3v) is 6.70. The highest BCUT2D eigenvalue weighted by Crippen LogP contribution is 2.36. The lowest BCUT2D eigenvalue weighted by Crippen LogP contribution is -2.54. The van der Waals surface area contributed by atoms with Crippen LogP contribution in [0.15, 0.2) is 69.1 Å². The van der Waals surface area contributed by atoms with Crippen molar-refractivity contribution in [2.45, 2.75) is 13.5 Å². The minimum atomic E-state index is -0.881. The number of carbonyl (C=O) groups is 3. The fourth-order valence-corrected chi connectivity index (χ4v) is 5.02. The van der Waals surface area contributed by atoms with Gasteiger partial charge in [0.05, 0.1) is 10.2 Å². The number of halogens is 4. The highest BCUT2D eigenvalue weighted by molar-refractivity contribution is 9.11. The Hall–Kier alpha value is -3.01. The zero-order valence-electron chi connectivity index (χ0n) is 18.1. The Morgan fingerprint density at radius 1 is 1.09 bits per heavy atom. The first-order chi connectivity index (χ1) is 16.7. The molecule has 4 amide bonds. The second-order valence-electron chi connectivity index (χ2n) is 7.53. The third-order valence-electron chi connectivity index (χ3n) is 5.25. The Morgan fingerprint density at radius 3 is 2.57 bits per heavy atom. The first kappa shape index (κ1) is 25.1. The quantitative estimate of drug-likeness (QED) is 0.259.